The standard InChI is InChI=1S/C16H29N9O3/c1-2-10-24(15(27)7-4-3-5-8-20-22-18)13-16(28)25(12-14(17)26)11-6-9-21-23-19/h2-13H2,1H3,(H2,17,26). The molecule has 0 spiro atoms. The van der Waals surface area contributed by atoms with Crippen molar-refractivity contribution in [2.45, 2.75) is 45.4 Å². The first kappa shape index (κ1) is 25.0. The molecule has 0 bridgehead atoms. The summed E-state index contributed by atoms with van der Waals surface area (Å²) in [4.78, 5) is 44.3. The monoisotopic (exact) mass is 395 g/mol. The van der Waals surface area contributed by atoms with Crippen LogP contribution in [0.1, 0.15) is 45.4 Å². The molecule has 0 aromatic heterocycles. The smallest absolute Gasteiger partial charge is 0.242 e. The van der Waals surface area contributed by atoms with Gasteiger partial charge < -0.3 is 15.5 Å². The van der Waals surface area contributed by atoms with Crippen LogP contribution in [0.5, 0.6) is 0 Å². The van der Waals surface area contributed by atoms with Gasteiger partial charge in [-0.1, -0.05) is 23.6 Å². The number of primary amides is 1. The number of unbranched alkanes of at least 4 members (excludes halogenated alkanes) is 2. The van der Waals surface area contributed by atoms with Gasteiger partial charge >= 0.3 is 0 Å². The first-order valence-electron chi connectivity index (χ1n) is 9.31. The quantitative estimate of drug-likeness (QED) is 0.182. The number of hydrogen-bond acceptors (Lipinski definition) is 5. The number of carbonyl (C=O) groups is 3. The number of amides is 3. The second kappa shape index (κ2) is 16.2. The van der Waals surface area contributed by atoms with Crippen molar-refractivity contribution in [2.75, 3.05) is 39.3 Å². The summed E-state index contributed by atoms with van der Waals surface area (Å²) in [6.45, 7) is 2.79. The molecular formula is C16H29N9O3. The summed E-state index contributed by atoms with van der Waals surface area (Å²) in [5, 5.41) is 6.84. The Morgan fingerprint density at radius 3 is 2.04 bits per heavy atom. The molecule has 0 radical (unpaired) electrons. The molecule has 12 heteroatoms. The number of nitrogens with zero attached hydrogens (tertiary/aromatic N) is 8. The van der Waals surface area contributed by atoms with E-state index in [0.717, 1.165) is 6.42 Å². The fourth-order valence-corrected chi connectivity index (χ4v) is 2.52. The van der Waals surface area contributed by atoms with Gasteiger partial charge in [0.1, 0.15) is 0 Å². The van der Waals surface area contributed by atoms with E-state index < -0.39 is 5.91 Å². The van der Waals surface area contributed by atoms with Gasteiger partial charge in [-0.3, -0.25) is 14.4 Å². The van der Waals surface area contributed by atoms with Gasteiger partial charge in [-0.25, -0.2) is 0 Å². The highest BCUT2D eigenvalue weighted by Crippen LogP contribution is 2.06. The lowest BCUT2D eigenvalue weighted by Gasteiger charge is -2.27. The average molecular weight is 395 g/mol. The van der Waals surface area contributed by atoms with Crippen LogP contribution in [0.2, 0.25) is 0 Å². The SMILES string of the molecule is CCCN(CC(=O)N(CCCN=[N+]=[N-])CC(N)=O)C(=O)CCCCCN=[N+]=[N-]. The largest absolute Gasteiger partial charge is 0.368 e. The van der Waals surface area contributed by atoms with Crippen LogP contribution in [0.15, 0.2) is 10.2 Å². The molecule has 0 aliphatic heterocycles. The summed E-state index contributed by atoms with van der Waals surface area (Å²) < 4.78 is 0. The molecule has 3 amide bonds. The fraction of sp³-hybridized carbons (Fsp3) is 0.812. The van der Waals surface area contributed by atoms with Crippen molar-refractivity contribution < 1.29 is 14.4 Å². The van der Waals surface area contributed by atoms with Crippen molar-refractivity contribution in [3.05, 3.63) is 20.9 Å². The summed E-state index contributed by atoms with van der Waals surface area (Å²) in [7, 11) is 0. The van der Waals surface area contributed by atoms with Crippen molar-refractivity contribution in [2.24, 2.45) is 16.0 Å². The third-order valence-electron chi connectivity index (χ3n) is 3.83. The first-order valence-corrected chi connectivity index (χ1v) is 9.31. The Labute approximate surface area is 164 Å². The molecule has 0 fully saturated rings. The predicted molar refractivity (Wildman–Crippen MR) is 104 cm³/mol. The Morgan fingerprint density at radius 2 is 1.46 bits per heavy atom. The van der Waals surface area contributed by atoms with E-state index in [-0.39, 0.29) is 38.0 Å². The van der Waals surface area contributed by atoms with Gasteiger partial charge in [0, 0.05) is 42.4 Å². The molecule has 0 aromatic carbocycles. The first-order chi connectivity index (χ1) is 13.5. The summed E-state index contributed by atoms with van der Waals surface area (Å²) in [5.74, 6) is -1.15. The molecule has 28 heavy (non-hydrogen) atoms. The topological polar surface area (TPSA) is 181 Å². The van der Waals surface area contributed by atoms with Crippen LogP contribution in [0.3, 0.4) is 0 Å². The summed E-state index contributed by atoms with van der Waals surface area (Å²) >= 11 is 0. The average Bonchev–Trinajstić information content (AvgIpc) is 2.66. The lowest BCUT2D eigenvalue weighted by molar-refractivity contribution is -0.142. The van der Waals surface area contributed by atoms with Crippen LogP contribution >= 0.6 is 0 Å². The normalized spacial score (nSPS) is 9.75. The Hall–Kier alpha value is -2.97. The maximum absolute atomic E-state index is 12.6. The molecule has 12 nitrogen and oxygen atoms in total. The summed E-state index contributed by atoms with van der Waals surface area (Å²) in [6, 6.07) is 0. The second-order valence-electron chi connectivity index (χ2n) is 6.17. The minimum Gasteiger partial charge on any atom is -0.368 e. The highest BCUT2D eigenvalue weighted by atomic mass is 16.2. The highest BCUT2D eigenvalue weighted by Gasteiger charge is 2.21. The van der Waals surface area contributed by atoms with Crippen LogP contribution in [-0.4, -0.2) is 66.8 Å². The van der Waals surface area contributed by atoms with E-state index in [2.05, 4.69) is 20.1 Å². The maximum Gasteiger partial charge on any atom is 0.242 e. The molecule has 2 N–H and O–H groups in total. The van der Waals surface area contributed by atoms with E-state index in [1.165, 1.54) is 9.80 Å². The number of azide groups is 2. The third kappa shape index (κ3) is 12.4. The molecule has 0 saturated carbocycles. The molecule has 0 heterocycles. The van der Waals surface area contributed by atoms with Gasteiger partial charge in [0.25, 0.3) is 0 Å². The lowest BCUT2D eigenvalue weighted by Crippen LogP contribution is -2.46. The number of rotatable bonds is 16. The molecule has 0 saturated heterocycles. The van der Waals surface area contributed by atoms with Crippen LogP contribution in [0.25, 0.3) is 20.9 Å². The van der Waals surface area contributed by atoms with E-state index in [4.69, 9.17) is 16.8 Å². The van der Waals surface area contributed by atoms with Gasteiger partial charge in [-0.05, 0) is 36.7 Å². The Balaban J connectivity index is 4.68. The zero-order chi connectivity index (χ0) is 21.2. The van der Waals surface area contributed by atoms with E-state index >= 15 is 0 Å². The third-order valence-corrected chi connectivity index (χ3v) is 3.83. The van der Waals surface area contributed by atoms with Crippen LogP contribution < -0.4 is 5.73 Å². The molecule has 0 rings (SSSR count). The van der Waals surface area contributed by atoms with E-state index in [1.54, 1.807) is 0 Å². The molecule has 156 valence electrons. The Morgan fingerprint density at radius 1 is 0.857 bits per heavy atom. The van der Waals surface area contributed by atoms with Gasteiger partial charge in [0.2, 0.25) is 17.7 Å². The molecule has 0 aliphatic carbocycles. The number of carbonyl (C=O) groups excluding carboxylic acids is 3. The van der Waals surface area contributed by atoms with E-state index in [0.29, 0.717) is 45.2 Å². The molecular weight excluding hydrogens is 366 g/mol. The van der Waals surface area contributed by atoms with E-state index in [1.807, 2.05) is 6.92 Å². The molecule has 0 aromatic rings. The van der Waals surface area contributed by atoms with Gasteiger partial charge in [0.05, 0.1) is 13.1 Å². The summed E-state index contributed by atoms with van der Waals surface area (Å²) in [6.07, 6.45) is 3.51. The minimum atomic E-state index is -0.648. The highest BCUT2D eigenvalue weighted by molar-refractivity contribution is 5.87. The fourth-order valence-electron chi connectivity index (χ4n) is 2.52. The number of hydrogen-bond donors (Lipinski definition) is 1. The lowest BCUT2D eigenvalue weighted by atomic mass is 10.1. The second-order valence-corrected chi connectivity index (χ2v) is 6.17. The van der Waals surface area contributed by atoms with Crippen molar-refractivity contribution in [3.63, 3.8) is 0 Å². The minimum absolute atomic E-state index is 0.125. The Kier molecular flexibility index (Phi) is 14.5. The molecule has 0 atom stereocenters. The molecule has 0 aliphatic rings. The molecule has 0 unspecified atom stereocenters. The van der Waals surface area contributed by atoms with Crippen molar-refractivity contribution in [3.8, 4) is 0 Å². The van der Waals surface area contributed by atoms with E-state index in [9.17, 15) is 14.4 Å². The van der Waals surface area contributed by atoms with Crippen molar-refractivity contribution in [1.82, 2.24) is 9.80 Å². The van der Waals surface area contributed by atoms with Crippen LogP contribution in [-0.2, 0) is 14.4 Å². The van der Waals surface area contributed by atoms with Crippen LogP contribution in [0, 0.1) is 0 Å². The predicted octanol–water partition coefficient (Wildman–Crippen LogP) is 2.11. The maximum atomic E-state index is 12.6. The van der Waals surface area contributed by atoms with Gasteiger partial charge in [-0.2, -0.15) is 0 Å². The number of nitrogens with two attached hydrogens (primary N) is 1. The zero-order valence-corrected chi connectivity index (χ0v) is 16.4. The van der Waals surface area contributed by atoms with Gasteiger partial charge in [0.15, 0.2) is 0 Å². The van der Waals surface area contributed by atoms with Gasteiger partial charge in [-0.15, -0.1) is 0 Å². The zero-order valence-electron chi connectivity index (χ0n) is 16.4. The van der Waals surface area contributed by atoms with Crippen molar-refractivity contribution >= 4 is 17.7 Å². The van der Waals surface area contributed by atoms with Crippen LogP contribution in [0.4, 0.5) is 0 Å². The van der Waals surface area contributed by atoms with Crippen molar-refractivity contribution in [1.29, 1.82) is 0 Å². The summed E-state index contributed by atoms with van der Waals surface area (Å²) in [5.41, 5.74) is 21.7. The Bertz CT molecular complexity index is 598.